The molecule has 1 aromatic carbocycles. The highest BCUT2D eigenvalue weighted by Gasteiger charge is 2.61. The molecule has 1 saturated carbocycles. The van der Waals surface area contributed by atoms with Crippen LogP contribution in [0.3, 0.4) is 0 Å². The van der Waals surface area contributed by atoms with E-state index in [9.17, 15) is 31.1 Å². The van der Waals surface area contributed by atoms with Gasteiger partial charge in [0.1, 0.15) is 11.2 Å². The van der Waals surface area contributed by atoms with Crippen LogP contribution in [0, 0.1) is 22.9 Å². The summed E-state index contributed by atoms with van der Waals surface area (Å²) < 4.78 is 79.9. The van der Waals surface area contributed by atoms with Crippen LogP contribution in [0.4, 0.5) is 26.3 Å². The highest BCUT2D eigenvalue weighted by molar-refractivity contribution is 5.83. The molecule has 2 rings (SSSR count). The summed E-state index contributed by atoms with van der Waals surface area (Å²) in [6.07, 6.45) is -4.86. The summed E-state index contributed by atoms with van der Waals surface area (Å²) in [4.78, 5) is 13.0. The van der Waals surface area contributed by atoms with E-state index in [1.165, 1.54) is 0 Å². The zero-order valence-electron chi connectivity index (χ0n) is 12.3. The van der Waals surface area contributed by atoms with E-state index in [1.807, 2.05) is 0 Å². The van der Waals surface area contributed by atoms with Crippen molar-refractivity contribution in [1.82, 2.24) is 4.90 Å². The summed E-state index contributed by atoms with van der Waals surface area (Å²) in [6, 6.07) is 0.992. The number of carbonyl (C=O) groups excluding carboxylic acids is 1. The van der Waals surface area contributed by atoms with Gasteiger partial charge >= 0.3 is 6.18 Å². The fourth-order valence-corrected chi connectivity index (χ4v) is 3.01. The largest absolute Gasteiger partial charge is 0.403 e. The minimum Gasteiger partial charge on any atom is -0.341 e. The van der Waals surface area contributed by atoms with E-state index in [0.29, 0.717) is 17.0 Å². The normalized spacial score (nSPS) is 17.3. The van der Waals surface area contributed by atoms with Crippen LogP contribution < -0.4 is 0 Å². The summed E-state index contributed by atoms with van der Waals surface area (Å²) >= 11 is 0. The molecule has 0 radical (unpaired) electrons. The molecule has 0 aliphatic heterocycles. The van der Waals surface area contributed by atoms with E-state index in [1.54, 1.807) is 0 Å². The topological polar surface area (TPSA) is 20.3 Å². The molecule has 23 heavy (non-hydrogen) atoms. The first-order chi connectivity index (χ1) is 10.6. The van der Waals surface area contributed by atoms with Crippen LogP contribution in [0.25, 0.3) is 0 Å². The molecule has 1 aliphatic rings. The maximum atomic E-state index is 13.6. The van der Waals surface area contributed by atoms with Gasteiger partial charge in [0.25, 0.3) is 0 Å². The molecule has 1 amide bonds. The number of rotatable bonds is 3. The Bertz CT molecular complexity index is 607. The van der Waals surface area contributed by atoms with Crippen LogP contribution in [0.2, 0.25) is 0 Å². The summed E-state index contributed by atoms with van der Waals surface area (Å²) in [6.45, 7) is -0.642. The molecular weight excluding hydrogens is 324 g/mol. The minimum absolute atomic E-state index is 0.266. The zero-order valence-corrected chi connectivity index (χ0v) is 12.3. The number of nitrogens with zero attached hydrogens (tertiary/aromatic N) is 1. The Hall–Kier alpha value is -1.73. The van der Waals surface area contributed by atoms with Crippen molar-refractivity contribution in [1.29, 1.82) is 0 Å². The van der Waals surface area contributed by atoms with Crippen molar-refractivity contribution in [2.45, 2.75) is 38.4 Å². The van der Waals surface area contributed by atoms with Gasteiger partial charge in [-0.1, -0.05) is 12.8 Å². The number of alkyl halides is 3. The van der Waals surface area contributed by atoms with Crippen molar-refractivity contribution in [3.8, 4) is 0 Å². The van der Waals surface area contributed by atoms with Gasteiger partial charge in [-0.05, 0) is 18.9 Å². The fourth-order valence-electron chi connectivity index (χ4n) is 3.01. The molecule has 0 heterocycles. The van der Waals surface area contributed by atoms with Gasteiger partial charge in [-0.25, -0.2) is 13.2 Å². The second kappa shape index (κ2) is 6.05. The lowest BCUT2D eigenvalue weighted by Gasteiger charge is -2.34. The number of amides is 1. The summed E-state index contributed by atoms with van der Waals surface area (Å²) in [5, 5.41) is 0. The number of carbonyl (C=O) groups is 1. The molecule has 0 unspecified atom stereocenters. The van der Waals surface area contributed by atoms with Crippen molar-refractivity contribution in [3.63, 3.8) is 0 Å². The van der Waals surface area contributed by atoms with Crippen molar-refractivity contribution < 1.29 is 31.1 Å². The predicted molar refractivity (Wildman–Crippen MR) is 69.7 cm³/mol. The Morgan fingerprint density at radius 3 is 2.26 bits per heavy atom. The van der Waals surface area contributed by atoms with Crippen LogP contribution in [0.1, 0.15) is 31.2 Å². The lowest BCUT2D eigenvalue weighted by atomic mass is 9.83. The molecule has 8 heteroatoms. The van der Waals surface area contributed by atoms with E-state index < -0.39 is 47.1 Å². The average molecular weight is 339 g/mol. The van der Waals surface area contributed by atoms with Crippen molar-refractivity contribution >= 4 is 5.91 Å². The number of halogens is 6. The van der Waals surface area contributed by atoms with Gasteiger partial charge in [-0.2, -0.15) is 13.2 Å². The molecule has 0 N–H and O–H groups in total. The van der Waals surface area contributed by atoms with E-state index in [2.05, 4.69) is 0 Å². The average Bonchev–Trinajstić information content (AvgIpc) is 2.93. The fraction of sp³-hybridized carbons (Fsp3) is 0.533. The van der Waals surface area contributed by atoms with Crippen LogP contribution in [-0.4, -0.2) is 24.0 Å². The van der Waals surface area contributed by atoms with E-state index in [4.69, 9.17) is 0 Å². The second-order valence-electron chi connectivity index (χ2n) is 5.81. The van der Waals surface area contributed by atoms with Gasteiger partial charge in [0, 0.05) is 25.2 Å². The molecule has 0 atom stereocenters. The van der Waals surface area contributed by atoms with Crippen molar-refractivity contribution in [3.05, 3.63) is 35.1 Å². The quantitative estimate of drug-likeness (QED) is 0.597. The van der Waals surface area contributed by atoms with Crippen molar-refractivity contribution in [2.75, 3.05) is 7.05 Å². The van der Waals surface area contributed by atoms with E-state index >= 15 is 0 Å². The summed E-state index contributed by atoms with van der Waals surface area (Å²) in [7, 11) is 1.07. The molecular formula is C15H15F6NO. The Morgan fingerprint density at radius 2 is 1.74 bits per heavy atom. The van der Waals surface area contributed by atoms with Gasteiger partial charge in [-0.15, -0.1) is 0 Å². The molecule has 1 aromatic rings. The zero-order chi connectivity index (χ0) is 17.4. The van der Waals surface area contributed by atoms with Crippen LogP contribution in [0.5, 0.6) is 0 Å². The molecule has 128 valence electrons. The standard InChI is InChI=1S/C15H15F6NO/c1-22(8-9-6-10(16)7-11(17)12(9)18)13(23)14(15(19,20)21)4-2-3-5-14/h6-7H,2-5,8H2,1H3. The van der Waals surface area contributed by atoms with Crippen molar-refractivity contribution in [2.24, 2.45) is 5.41 Å². The smallest absolute Gasteiger partial charge is 0.341 e. The monoisotopic (exact) mass is 339 g/mol. The number of benzene rings is 1. The summed E-state index contributed by atoms with van der Waals surface area (Å²) in [5.41, 5.74) is -3.00. The lowest BCUT2D eigenvalue weighted by molar-refractivity contribution is -0.225. The Morgan fingerprint density at radius 1 is 1.17 bits per heavy atom. The predicted octanol–water partition coefficient (Wildman–Crippen LogP) is 4.19. The second-order valence-corrected chi connectivity index (χ2v) is 5.81. The third-order valence-electron chi connectivity index (χ3n) is 4.23. The SMILES string of the molecule is CN(Cc1cc(F)cc(F)c1F)C(=O)C1(C(F)(F)F)CCCC1. The van der Waals surface area contributed by atoms with Gasteiger partial charge in [-0.3, -0.25) is 4.79 Å². The highest BCUT2D eigenvalue weighted by atomic mass is 19.4. The molecule has 0 saturated heterocycles. The number of hydrogen-bond donors (Lipinski definition) is 0. The minimum atomic E-state index is -4.72. The molecule has 1 fully saturated rings. The highest BCUT2D eigenvalue weighted by Crippen LogP contribution is 2.51. The molecule has 1 aliphatic carbocycles. The Balaban J connectivity index is 2.27. The van der Waals surface area contributed by atoms with E-state index in [-0.39, 0.29) is 25.7 Å². The maximum absolute atomic E-state index is 13.6. The maximum Gasteiger partial charge on any atom is 0.403 e. The third kappa shape index (κ3) is 3.16. The van der Waals surface area contributed by atoms with Crippen LogP contribution >= 0.6 is 0 Å². The Kier molecular flexibility index (Phi) is 4.64. The molecule has 2 nitrogen and oxygen atoms in total. The first-order valence-corrected chi connectivity index (χ1v) is 7.04. The molecule has 0 bridgehead atoms. The van der Waals surface area contributed by atoms with Gasteiger partial charge in [0.15, 0.2) is 11.6 Å². The summed E-state index contributed by atoms with van der Waals surface area (Å²) in [5.74, 6) is -5.09. The van der Waals surface area contributed by atoms with Gasteiger partial charge < -0.3 is 4.90 Å². The molecule has 0 spiro atoms. The third-order valence-corrected chi connectivity index (χ3v) is 4.23. The van der Waals surface area contributed by atoms with Crippen LogP contribution in [0.15, 0.2) is 12.1 Å². The van der Waals surface area contributed by atoms with Crippen LogP contribution in [-0.2, 0) is 11.3 Å². The Labute approximate surface area is 129 Å². The lowest BCUT2D eigenvalue weighted by Crippen LogP contribution is -2.49. The molecule has 0 aromatic heterocycles. The first-order valence-electron chi connectivity index (χ1n) is 7.04. The van der Waals surface area contributed by atoms with Gasteiger partial charge in [0.05, 0.1) is 0 Å². The first kappa shape index (κ1) is 17.6. The van der Waals surface area contributed by atoms with E-state index in [0.717, 1.165) is 7.05 Å². The van der Waals surface area contributed by atoms with Gasteiger partial charge in [0.2, 0.25) is 5.91 Å². The number of hydrogen-bond acceptors (Lipinski definition) is 1.